The van der Waals surface area contributed by atoms with Crippen molar-refractivity contribution in [3.8, 4) is 5.88 Å². The summed E-state index contributed by atoms with van der Waals surface area (Å²) in [6.45, 7) is 5.60. The first-order valence-corrected chi connectivity index (χ1v) is 11.2. The lowest BCUT2D eigenvalue weighted by atomic mass is 10.1. The number of benzene rings is 1. The van der Waals surface area contributed by atoms with Gasteiger partial charge in [-0.3, -0.25) is 4.79 Å². The van der Waals surface area contributed by atoms with E-state index in [1.165, 1.54) is 18.1 Å². The highest BCUT2D eigenvalue weighted by molar-refractivity contribution is 6.04. The third-order valence-corrected chi connectivity index (χ3v) is 5.19. The van der Waals surface area contributed by atoms with Gasteiger partial charge in [0.2, 0.25) is 11.8 Å². The highest BCUT2D eigenvalue weighted by Crippen LogP contribution is 2.30. The zero-order valence-corrected chi connectivity index (χ0v) is 20.9. The van der Waals surface area contributed by atoms with Crippen LogP contribution in [0, 0.1) is 6.92 Å². The van der Waals surface area contributed by atoms with E-state index in [0.29, 0.717) is 29.2 Å². The molecule has 0 aliphatic heterocycles. The number of nitrogens with zero attached hydrogens (tertiary/aromatic N) is 5. The molecular formula is C24H27F3N8O2. The summed E-state index contributed by atoms with van der Waals surface area (Å²) in [5.74, 6) is -0.163. The maximum absolute atomic E-state index is 13.2. The van der Waals surface area contributed by atoms with Gasteiger partial charge in [0.1, 0.15) is 12.0 Å². The Balaban J connectivity index is 1.88. The van der Waals surface area contributed by atoms with E-state index in [1.807, 2.05) is 27.0 Å². The van der Waals surface area contributed by atoms with E-state index in [-0.39, 0.29) is 17.5 Å². The summed E-state index contributed by atoms with van der Waals surface area (Å²) in [4.78, 5) is 24.8. The summed E-state index contributed by atoms with van der Waals surface area (Å²) < 4.78 is 45.9. The number of anilines is 3. The molecule has 10 nitrogen and oxygen atoms in total. The number of ether oxygens (including phenoxy) is 1. The lowest BCUT2D eigenvalue weighted by Crippen LogP contribution is -2.19. The fourth-order valence-corrected chi connectivity index (χ4v) is 3.15. The summed E-state index contributed by atoms with van der Waals surface area (Å²) in [5, 5.41) is 13.1. The van der Waals surface area contributed by atoms with Crippen molar-refractivity contribution in [1.29, 1.82) is 0 Å². The molecule has 0 aliphatic carbocycles. The van der Waals surface area contributed by atoms with Gasteiger partial charge in [0.05, 0.1) is 7.11 Å². The Bertz CT molecular complexity index is 1320. The Labute approximate surface area is 211 Å². The lowest BCUT2D eigenvalue weighted by Gasteiger charge is -2.14. The molecule has 0 spiro atoms. The van der Waals surface area contributed by atoms with Crippen LogP contribution in [0.1, 0.15) is 35.5 Å². The maximum atomic E-state index is 13.2. The quantitative estimate of drug-likeness (QED) is 0.358. The highest BCUT2D eigenvalue weighted by atomic mass is 19.4. The molecule has 1 unspecified atom stereocenters. The largest absolute Gasteiger partial charge is 0.481 e. The molecule has 1 atom stereocenters. The molecule has 37 heavy (non-hydrogen) atoms. The van der Waals surface area contributed by atoms with E-state index in [4.69, 9.17) is 4.74 Å². The monoisotopic (exact) mass is 516 g/mol. The van der Waals surface area contributed by atoms with Crippen molar-refractivity contribution in [2.24, 2.45) is 4.99 Å². The predicted octanol–water partition coefficient (Wildman–Crippen LogP) is 4.50. The number of likely N-dealkylation sites (N-methyl/N-ethyl adjacent to an activating group) is 1. The van der Waals surface area contributed by atoms with Crippen molar-refractivity contribution < 1.29 is 22.7 Å². The van der Waals surface area contributed by atoms with E-state index < -0.39 is 17.8 Å². The molecule has 1 aromatic carbocycles. The molecule has 0 radical (unpaired) electrons. The first-order valence-electron chi connectivity index (χ1n) is 11.2. The predicted molar refractivity (Wildman–Crippen MR) is 135 cm³/mol. The van der Waals surface area contributed by atoms with Crippen molar-refractivity contribution in [2.45, 2.75) is 33.0 Å². The number of aliphatic imine (C=N–C) groups is 1. The second-order valence-electron chi connectivity index (χ2n) is 7.87. The maximum Gasteiger partial charge on any atom is 0.433 e. The van der Waals surface area contributed by atoms with Crippen molar-refractivity contribution in [3.63, 3.8) is 0 Å². The van der Waals surface area contributed by atoms with Gasteiger partial charge in [-0.25, -0.2) is 9.98 Å². The fourth-order valence-electron chi connectivity index (χ4n) is 3.15. The SMILES string of the molecule is C/C=N\C(=C/C(C)NC)n1ncnc1Nc1cc(NC(=O)c2cc(OC)nc(C(F)(F)F)c2)ccc1C. The Kier molecular flexibility index (Phi) is 8.60. The Morgan fingerprint density at radius 3 is 2.65 bits per heavy atom. The Hall–Kier alpha value is -4.26. The van der Waals surface area contributed by atoms with Gasteiger partial charge in [0, 0.05) is 35.3 Å². The van der Waals surface area contributed by atoms with Gasteiger partial charge in [-0.05, 0) is 57.7 Å². The molecule has 0 saturated heterocycles. The van der Waals surface area contributed by atoms with Crippen molar-refractivity contribution >= 4 is 35.3 Å². The number of hydrogen-bond acceptors (Lipinski definition) is 8. The number of halogens is 3. The van der Waals surface area contributed by atoms with E-state index in [0.717, 1.165) is 11.6 Å². The highest BCUT2D eigenvalue weighted by Gasteiger charge is 2.34. The van der Waals surface area contributed by atoms with Gasteiger partial charge >= 0.3 is 6.18 Å². The third-order valence-electron chi connectivity index (χ3n) is 5.19. The van der Waals surface area contributed by atoms with Crippen LogP contribution >= 0.6 is 0 Å². The molecule has 1 amide bonds. The fraction of sp³-hybridized carbons (Fsp3) is 0.292. The normalized spacial score (nSPS) is 13.0. The third kappa shape index (κ3) is 6.91. The molecule has 3 rings (SSSR count). The zero-order chi connectivity index (χ0) is 27.2. The molecule has 3 aromatic rings. The average molecular weight is 517 g/mol. The van der Waals surface area contributed by atoms with E-state index in [1.54, 1.807) is 31.3 Å². The Morgan fingerprint density at radius 2 is 2.00 bits per heavy atom. The second-order valence-corrected chi connectivity index (χ2v) is 7.87. The number of aromatic nitrogens is 4. The Morgan fingerprint density at radius 1 is 1.24 bits per heavy atom. The second kappa shape index (κ2) is 11.6. The minimum atomic E-state index is -4.74. The average Bonchev–Trinajstić information content (AvgIpc) is 3.32. The van der Waals surface area contributed by atoms with Gasteiger partial charge in [0.25, 0.3) is 5.91 Å². The molecule has 2 heterocycles. The van der Waals surface area contributed by atoms with E-state index >= 15 is 0 Å². The number of carbonyl (C=O) groups excluding carboxylic acids is 1. The number of amides is 1. The number of methoxy groups -OCH3 is 1. The molecule has 3 N–H and O–H groups in total. The van der Waals surface area contributed by atoms with Gasteiger partial charge in [-0.15, -0.1) is 0 Å². The van der Waals surface area contributed by atoms with Gasteiger partial charge in [0.15, 0.2) is 5.82 Å². The number of pyridine rings is 1. The van der Waals surface area contributed by atoms with Gasteiger partial charge < -0.3 is 20.7 Å². The van der Waals surface area contributed by atoms with Crippen molar-refractivity contribution in [3.05, 3.63) is 59.6 Å². The van der Waals surface area contributed by atoms with Crippen LogP contribution in [-0.2, 0) is 6.18 Å². The van der Waals surface area contributed by atoms with Gasteiger partial charge in [-0.2, -0.15) is 27.9 Å². The molecule has 0 aliphatic rings. The van der Waals surface area contributed by atoms with Crippen LogP contribution in [0.15, 0.2) is 47.7 Å². The van der Waals surface area contributed by atoms with Crippen molar-refractivity contribution in [2.75, 3.05) is 24.8 Å². The molecule has 13 heteroatoms. The number of carbonyl (C=O) groups is 1. The molecular weight excluding hydrogens is 489 g/mol. The summed E-state index contributed by atoms with van der Waals surface area (Å²) in [7, 11) is 3.00. The summed E-state index contributed by atoms with van der Waals surface area (Å²) in [6, 6.07) is 6.83. The van der Waals surface area contributed by atoms with E-state index in [2.05, 4.69) is 36.0 Å². The number of nitrogens with one attached hydrogen (secondary N) is 3. The topological polar surface area (TPSA) is 118 Å². The number of hydrogen-bond donors (Lipinski definition) is 3. The standard InChI is InChI=1S/C24H27F3N8O2/c1-6-29-20(9-15(3)28-4)35-23(30-13-31-35)33-18-12-17(8-7-14(18)2)32-22(36)16-10-19(24(25,26)27)34-21(11-16)37-5/h6-13,15,28H,1-5H3,(H,32,36)(H,30,31,33)/b20-9+,29-6-. The summed E-state index contributed by atoms with van der Waals surface area (Å²) >= 11 is 0. The number of aryl methyl sites for hydroxylation is 1. The molecule has 0 fully saturated rings. The van der Waals surface area contributed by atoms with Crippen LogP contribution in [0.4, 0.5) is 30.5 Å². The van der Waals surface area contributed by atoms with Gasteiger partial charge in [-0.1, -0.05) is 6.07 Å². The van der Waals surface area contributed by atoms with Crippen molar-refractivity contribution in [1.82, 2.24) is 25.1 Å². The zero-order valence-electron chi connectivity index (χ0n) is 20.9. The minimum absolute atomic E-state index is 0.0145. The molecule has 2 aromatic heterocycles. The smallest absolute Gasteiger partial charge is 0.433 e. The van der Waals surface area contributed by atoms with Crippen LogP contribution in [0.3, 0.4) is 0 Å². The number of rotatable bonds is 9. The van der Waals surface area contributed by atoms with Crippen LogP contribution in [0.2, 0.25) is 0 Å². The lowest BCUT2D eigenvalue weighted by molar-refractivity contribution is -0.141. The summed E-state index contributed by atoms with van der Waals surface area (Å²) in [6.07, 6.45) is 0.156. The molecule has 0 saturated carbocycles. The first kappa shape index (κ1) is 27.3. The molecule has 196 valence electrons. The van der Waals surface area contributed by atoms with Crippen LogP contribution in [0.5, 0.6) is 5.88 Å². The molecule has 0 bridgehead atoms. The van der Waals surface area contributed by atoms with Crippen LogP contribution in [-0.4, -0.2) is 52.1 Å². The van der Waals surface area contributed by atoms with Crippen LogP contribution < -0.4 is 20.7 Å². The summed E-state index contributed by atoms with van der Waals surface area (Å²) in [5.41, 5.74) is 0.288. The first-order chi connectivity index (χ1) is 17.5. The number of alkyl halides is 3. The van der Waals surface area contributed by atoms with Crippen LogP contribution in [0.25, 0.3) is 5.82 Å². The van der Waals surface area contributed by atoms with E-state index in [9.17, 15) is 18.0 Å². The minimum Gasteiger partial charge on any atom is -0.481 e.